The topological polar surface area (TPSA) is 69.5 Å². The number of likely N-dealkylation sites (tertiary alicyclic amines) is 1. The Labute approximate surface area is 196 Å². The van der Waals surface area contributed by atoms with E-state index >= 15 is 0 Å². The van der Waals surface area contributed by atoms with Gasteiger partial charge in [0.1, 0.15) is 0 Å². The third-order valence-corrected chi connectivity index (χ3v) is 6.95. The lowest BCUT2D eigenvalue weighted by Gasteiger charge is -2.44. The van der Waals surface area contributed by atoms with Gasteiger partial charge in [-0.1, -0.05) is 6.07 Å². The van der Waals surface area contributed by atoms with E-state index in [0.717, 1.165) is 11.6 Å². The van der Waals surface area contributed by atoms with Crippen LogP contribution in [0.25, 0.3) is 0 Å². The number of alkyl halides is 3. The minimum atomic E-state index is -4.60. The van der Waals surface area contributed by atoms with E-state index in [-0.39, 0.29) is 29.2 Å². The summed E-state index contributed by atoms with van der Waals surface area (Å²) in [5, 5.41) is 9.09. The molecule has 2 saturated heterocycles. The van der Waals surface area contributed by atoms with Crippen LogP contribution in [0.15, 0.2) is 42.7 Å². The van der Waals surface area contributed by atoms with Crippen LogP contribution in [-0.4, -0.2) is 55.2 Å². The smallest absolute Gasteiger partial charge is 0.381 e. The number of hydrogen-bond acceptors (Lipinski definition) is 5. The van der Waals surface area contributed by atoms with Crippen molar-refractivity contribution in [3.8, 4) is 6.07 Å². The number of benzene rings is 1. The molecular formula is C25H27F3N4O2. The number of amides is 1. The predicted molar refractivity (Wildman–Crippen MR) is 120 cm³/mol. The van der Waals surface area contributed by atoms with Gasteiger partial charge < -0.3 is 14.5 Å². The molecule has 34 heavy (non-hydrogen) atoms. The first kappa shape index (κ1) is 24.0. The van der Waals surface area contributed by atoms with E-state index in [2.05, 4.69) is 4.98 Å². The van der Waals surface area contributed by atoms with E-state index in [1.165, 1.54) is 6.07 Å². The molecule has 0 aliphatic carbocycles. The zero-order chi connectivity index (χ0) is 24.3. The van der Waals surface area contributed by atoms with Crippen molar-refractivity contribution in [2.45, 2.75) is 25.9 Å². The molecule has 0 N–H and O–H groups in total. The maximum Gasteiger partial charge on any atom is 0.417 e. The number of nitrogens with zero attached hydrogens (tertiary/aromatic N) is 4. The number of piperidine rings is 1. The maximum atomic E-state index is 13.5. The van der Waals surface area contributed by atoms with Crippen LogP contribution in [0.1, 0.15) is 30.0 Å². The Morgan fingerprint density at radius 1 is 1.32 bits per heavy atom. The Kier molecular flexibility index (Phi) is 6.80. The molecule has 0 saturated carbocycles. The van der Waals surface area contributed by atoms with Gasteiger partial charge in [-0.3, -0.25) is 9.78 Å². The number of fused-ring (bicyclic) bond motifs is 1. The van der Waals surface area contributed by atoms with Gasteiger partial charge in [0.05, 0.1) is 30.2 Å². The summed E-state index contributed by atoms with van der Waals surface area (Å²) in [5.41, 5.74) is -0.238. The van der Waals surface area contributed by atoms with Crippen LogP contribution in [0.2, 0.25) is 0 Å². The van der Waals surface area contributed by atoms with Gasteiger partial charge in [-0.05, 0) is 43.2 Å². The van der Waals surface area contributed by atoms with Crippen LogP contribution in [0.3, 0.4) is 0 Å². The number of carbonyl (C=O) groups is 1. The normalized spacial score (nSPS) is 22.4. The Morgan fingerprint density at radius 2 is 2.15 bits per heavy atom. The minimum absolute atomic E-state index is 0.0163. The molecule has 0 bridgehead atoms. The molecule has 4 rings (SSSR count). The molecule has 1 aromatic carbocycles. The number of pyridine rings is 1. The molecule has 9 heteroatoms. The van der Waals surface area contributed by atoms with E-state index in [1.54, 1.807) is 30.6 Å². The van der Waals surface area contributed by atoms with Gasteiger partial charge >= 0.3 is 6.18 Å². The van der Waals surface area contributed by atoms with Crippen LogP contribution in [0.5, 0.6) is 0 Å². The molecule has 2 aromatic rings. The van der Waals surface area contributed by atoms with Crippen molar-refractivity contribution in [3.63, 3.8) is 0 Å². The van der Waals surface area contributed by atoms with Gasteiger partial charge in [-0.2, -0.15) is 18.4 Å². The van der Waals surface area contributed by atoms with Crippen molar-refractivity contribution in [2.75, 3.05) is 44.3 Å². The fourth-order valence-corrected chi connectivity index (χ4v) is 5.10. The number of halogens is 3. The fraction of sp³-hybridized carbons (Fsp3) is 0.480. The lowest BCUT2D eigenvalue weighted by molar-refractivity contribution is -0.137. The zero-order valence-corrected chi connectivity index (χ0v) is 19.0. The number of anilines is 1. The van der Waals surface area contributed by atoms with Crippen molar-refractivity contribution in [2.24, 2.45) is 11.3 Å². The molecule has 2 aliphatic rings. The number of hydrogen-bond donors (Lipinski definition) is 0. The highest BCUT2D eigenvalue weighted by Gasteiger charge is 2.51. The van der Waals surface area contributed by atoms with Gasteiger partial charge in [0.25, 0.3) is 0 Å². The molecular weight excluding hydrogens is 445 g/mol. The van der Waals surface area contributed by atoms with Crippen LogP contribution in [-0.2, 0) is 22.1 Å². The zero-order valence-electron chi connectivity index (χ0n) is 19.0. The molecule has 0 spiro atoms. The first-order valence-electron chi connectivity index (χ1n) is 11.4. The van der Waals surface area contributed by atoms with Gasteiger partial charge in [0, 0.05) is 62.2 Å². The third kappa shape index (κ3) is 4.87. The first-order valence-corrected chi connectivity index (χ1v) is 11.4. The lowest BCUT2D eigenvalue weighted by atomic mass is 9.73. The maximum absolute atomic E-state index is 13.5. The molecule has 2 atom stereocenters. The largest absolute Gasteiger partial charge is 0.417 e. The molecule has 2 fully saturated rings. The molecule has 1 amide bonds. The minimum Gasteiger partial charge on any atom is -0.381 e. The summed E-state index contributed by atoms with van der Waals surface area (Å²) in [4.78, 5) is 20.9. The Morgan fingerprint density at radius 3 is 2.82 bits per heavy atom. The number of ether oxygens (including phenoxy) is 1. The average molecular weight is 473 g/mol. The second-order valence-corrected chi connectivity index (χ2v) is 9.04. The van der Waals surface area contributed by atoms with E-state index < -0.39 is 11.7 Å². The lowest BCUT2D eigenvalue weighted by Crippen LogP contribution is -2.49. The quantitative estimate of drug-likeness (QED) is 0.638. The second-order valence-electron chi connectivity index (χ2n) is 9.04. The van der Waals surface area contributed by atoms with Gasteiger partial charge in [0.2, 0.25) is 5.91 Å². The molecule has 0 radical (unpaired) electrons. The number of aromatic nitrogens is 1. The highest BCUT2D eigenvalue weighted by Crippen LogP contribution is 2.45. The molecule has 1 aromatic heterocycles. The van der Waals surface area contributed by atoms with Gasteiger partial charge in [0.15, 0.2) is 0 Å². The van der Waals surface area contributed by atoms with Gasteiger partial charge in [-0.15, -0.1) is 0 Å². The van der Waals surface area contributed by atoms with Crippen molar-refractivity contribution >= 4 is 11.6 Å². The van der Waals surface area contributed by atoms with Crippen LogP contribution < -0.4 is 4.90 Å². The van der Waals surface area contributed by atoms with Crippen LogP contribution >= 0.6 is 0 Å². The Hall–Kier alpha value is -3.12. The highest BCUT2D eigenvalue weighted by atomic mass is 19.4. The van der Waals surface area contributed by atoms with Crippen LogP contribution in [0, 0.1) is 22.7 Å². The number of carbonyl (C=O) groups excluding carboxylic acids is 1. The third-order valence-electron chi connectivity index (χ3n) is 6.95. The summed E-state index contributed by atoms with van der Waals surface area (Å²) in [6.07, 6.45) is -0.285. The summed E-state index contributed by atoms with van der Waals surface area (Å²) in [5.74, 6) is 0.0817. The Balaban J connectivity index is 1.54. The summed E-state index contributed by atoms with van der Waals surface area (Å²) in [7, 11) is 0. The van der Waals surface area contributed by atoms with E-state index in [0.29, 0.717) is 51.5 Å². The summed E-state index contributed by atoms with van der Waals surface area (Å²) in [6, 6.07) is 9.17. The van der Waals surface area contributed by atoms with Crippen molar-refractivity contribution in [1.29, 1.82) is 5.26 Å². The predicted octanol–water partition coefficient (Wildman–Crippen LogP) is 3.91. The molecule has 180 valence electrons. The Bertz CT molecular complexity index is 1070. The summed E-state index contributed by atoms with van der Waals surface area (Å²) >= 11 is 0. The standard InChI is InChI=1S/C25H27F3N4O2/c1-2-34-17-24-7-9-31(21-6-5-19(12-29)22(11-21)25(26,27)28)14-20(24)15-32(16-24)23(33)10-18-4-3-8-30-13-18/h3-6,8,11,13,20H,2,7,9-10,14-17H2,1H3/t20-,24+/m1/s1. The highest BCUT2D eigenvalue weighted by molar-refractivity contribution is 5.79. The monoisotopic (exact) mass is 472 g/mol. The summed E-state index contributed by atoms with van der Waals surface area (Å²) < 4.78 is 46.3. The molecule has 2 aliphatic heterocycles. The molecule has 0 unspecified atom stereocenters. The van der Waals surface area contributed by atoms with Crippen molar-refractivity contribution in [1.82, 2.24) is 9.88 Å². The fourth-order valence-electron chi connectivity index (χ4n) is 5.10. The van der Waals surface area contributed by atoms with E-state index in [4.69, 9.17) is 10.00 Å². The van der Waals surface area contributed by atoms with E-state index in [9.17, 15) is 18.0 Å². The first-order chi connectivity index (χ1) is 16.3. The second kappa shape index (κ2) is 9.63. The van der Waals surface area contributed by atoms with E-state index in [1.807, 2.05) is 22.8 Å². The SMILES string of the molecule is CCOC[C@@]12CCN(c3ccc(C#N)c(C(F)(F)F)c3)C[C@@H]1CN(C(=O)Cc1cccnc1)C2. The average Bonchev–Trinajstić information content (AvgIpc) is 3.21. The number of nitriles is 1. The van der Waals surface area contributed by atoms with Crippen molar-refractivity contribution < 1.29 is 22.7 Å². The molecule has 3 heterocycles. The number of rotatable bonds is 6. The molecule has 6 nitrogen and oxygen atoms in total. The van der Waals surface area contributed by atoms with Crippen LogP contribution in [0.4, 0.5) is 18.9 Å². The van der Waals surface area contributed by atoms with Gasteiger partial charge in [-0.25, -0.2) is 0 Å². The van der Waals surface area contributed by atoms with Crippen molar-refractivity contribution in [3.05, 3.63) is 59.4 Å². The summed E-state index contributed by atoms with van der Waals surface area (Å²) in [6.45, 7) is 5.18.